The normalized spacial score (nSPS) is 17.2. The Morgan fingerprint density at radius 2 is 2.00 bits per heavy atom. The lowest BCUT2D eigenvalue weighted by Gasteiger charge is -2.43. The van der Waals surface area contributed by atoms with Crippen LogP contribution >= 0.6 is 0 Å². The standard InChI is InChI=1S/C26H26N8O2/c1-17(2)23-15-32(26-30-21-9-4-3-7-19(21)24(35)31-26)13-14-33(23)25(28-16-27)29-20-10-5-11-22-18(20)8-6-12-34(22)36/h3-12,17,23,36H,13-15H2,1-2H3,(H,30,31,35)/b28-25?,29-20+. The summed E-state index contributed by atoms with van der Waals surface area (Å²) in [6.45, 7) is 5.89. The van der Waals surface area contributed by atoms with E-state index in [4.69, 9.17) is 4.99 Å². The molecular formula is C26H26N8O2. The summed E-state index contributed by atoms with van der Waals surface area (Å²) >= 11 is 0. The van der Waals surface area contributed by atoms with Crippen molar-refractivity contribution in [3.05, 3.63) is 76.5 Å². The van der Waals surface area contributed by atoms with Crippen LogP contribution < -0.4 is 15.8 Å². The van der Waals surface area contributed by atoms with Crippen LogP contribution in [0.1, 0.15) is 13.8 Å². The number of anilines is 1. The third-order valence-corrected chi connectivity index (χ3v) is 6.51. The Labute approximate surface area is 207 Å². The average molecular weight is 483 g/mol. The molecule has 1 unspecified atom stereocenters. The molecule has 0 radical (unpaired) electrons. The lowest BCUT2D eigenvalue weighted by molar-refractivity contribution is 0.189. The molecule has 1 aliphatic carbocycles. The van der Waals surface area contributed by atoms with Gasteiger partial charge in [0.25, 0.3) is 5.56 Å². The molecule has 0 saturated carbocycles. The van der Waals surface area contributed by atoms with E-state index in [-0.39, 0.29) is 17.5 Å². The highest BCUT2D eigenvalue weighted by atomic mass is 16.5. The van der Waals surface area contributed by atoms with Gasteiger partial charge in [0.05, 0.1) is 28.0 Å². The molecule has 3 heterocycles. The first-order chi connectivity index (χ1) is 17.5. The van der Waals surface area contributed by atoms with Gasteiger partial charge in [-0.15, -0.1) is 4.99 Å². The van der Waals surface area contributed by atoms with E-state index in [1.807, 2.05) is 41.4 Å². The van der Waals surface area contributed by atoms with Crippen LogP contribution in [0.2, 0.25) is 0 Å². The number of pyridine rings is 1. The van der Waals surface area contributed by atoms with Crippen molar-refractivity contribution in [3.63, 3.8) is 0 Å². The van der Waals surface area contributed by atoms with E-state index in [2.05, 4.69) is 33.7 Å². The fraction of sp³-hybridized carbons (Fsp3) is 0.269. The van der Waals surface area contributed by atoms with Crippen LogP contribution in [0.3, 0.4) is 0 Å². The molecule has 10 nitrogen and oxygen atoms in total. The molecule has 5 rings (SSSR count). The number of benzene rings is 2. The summed E-state index contributed by atoms with van der Waals surface area (Å²) in [4.78, 5) is 33.2. The van der Waals surface area contributed by atoms with Gasteiger partial charge in [-0.1, -0.05) is 32.0 Å². The minimum Gasteiger partial charge on any atom is -0.428 e. The molecule has 2 N–H and O–H groups in total. The molecule has 1 fully saturated rings. The number of guanidine groups is 1. The van der Waals surface area contributed by atoms with Crippen LogP contribution in [0.25, 0.3) is 22.2 Å². The number of hydrogen-bond donors (Lipinski definition) is 2. The zero-order valence-corrected chi connectivity index (χ0v) is 20.0. The summed E-state index contributed by atoms with van der Waals surface area (Å²) in [6, 6.07) is 16.3. The molecule has 0 amide bonds. The maximum absolute atomic E-state index is 12.6. The van der Waals surface area contributed by atoms with Crippen molar-refractivity contribution in [2.75, 3.05) is 24.5 Å². The molecule has 0 spiro atoms. The van der Waals surface area contributed by atoms with Crippen molar-refractivity contribution in [3.8, 4) is 17.5 Å². The lowest BCUT2D eigenvalue weighted by Crippen LogP contribution is -2.57. The van der Waals surface area contributed by atoms with Gasteiger partial charge in [0, 0.05) is 31.4 Å². The van der Waals surface area contributed by atoms with Gasteiger partial charge in [0.1, 0.15) is 0 Å². The summed E-state index contributed by atoms with van der Waals surface area (Å²) in [5.74, 6) is 1.05. The topological polar surface area (TPSA) is 126 Å². The SMILES string of the molecule is CC(C)C1CN(c2nc3ccccc3c(=O)[nH]2)CCN1C(=NC#N)/N=c1\cccc2n(O)cccc1-2. The Morgan fingerprint density at radius 3 is 2.81 bits per heavy atom. The number of fused-ring (bicyclic) bond motifs is 2. The van der Waals surface area contributed by atoms with E-state index in [9.17, 15) is 15.3 Å². The largest absolute Gasteiger partial charge is 0.428 e. The number of hydrogen-bond acceptors (Lipinski definition) is 6. The maximum Gasteiger partial charge on any atom is 0.260 e. The van der Waals surface area contributed by atoms with E-state index >= 15 is 0 Å². The first kappa shape index (κ1) is 23.1. The number of nitriles is 1. The number of rotatable bonds is 2. The van der Waals surface area contributed by atoms with E-state index in [0.717, 1.165) is 10.3 Å². The third kappa shape index (κ3) is 4.27. The van der Waals surface area contributed by atoms with Crippen molar-refractivity contribution in [2.24, 2.45) is 15.9 Å². The van der Waals surface area contributed by atoms with Gasteiger partial charge in [0.2, 0.25) is 18.1 Å². The zero-order valence-electron chi connectivity index (χ0n) is 20.0. The van der Waals surface area contributed by atoms with E-state index < -0.39 is 0 Å². The minimum absolute atomic E-state index is 0.0378. The van der Waals surface area contributed by atoms with Crippen LogP contribution in [-0.2, 0) is 0 Å². The second kappa shape index (κ2) is 9.54. The highest BCUT2D eigenvalue weighted by Crippen LogP contribution is 2.22. The Bertz CT molecular complexity index is 1580. The average Bonchev–Trinajstić information content (AvgIpc) is 2.88. The Kier molecular flexibility index (Phi) is 6.12. The Balaban J connectivity index is 1.50. The Hall–Kier alpha value is -4.65. The summed E-state index contributed by atoms with van der Waals surface area (Å²) < 4.78 is 1.04. The lowest BCUT2D eigenvalue weighted by atomic mass is 10.00. The van der Waals surface area contributed by atoms with Gasteiger partial charge >= 0.3 is 0 Å². The van der Waals surface area contributed by atoms with Crippen LogP contribution in [-0.4, -0.2) is 56.4 Å². The quantitative estimate of drug-likeness (QED) is 0.196. The zero-order chi connectivity index (χ0) is 25.2. The molecule has 1 saturated heterocycles. The molecule has 2 aliphatic heterocycles. The maximum atomic E-state index is 12.6. The predicted octanol–water partition coefficient (Wildman–Crippen LogP) is 2.65. The van der Waals surface area contributed by atoms with Gasteiger partial charge in [-0.05, 0) is 42.3 Å². The van der Waals surface area contributed by atoms with E-state index in [1.54, 1.807) is 30.5 Å². The van der Waals surface area contributed by atoms with E-state index in [1.165, 1.54) is 0 Å². The van der Waals surface area contributed by atoms with Crippen LogP contribution in [0, 0.1) is 17.4 Å². The van der Waals surface area contributed by atoms with Crippen molar-refractivity contribution >= 4 is 22.8 Å². The number of nitrogens with one attached hydrogen (secondary N) is 1. The number of aromatic nitrogens is 3. The van der Waals surface area contributed by atoms with Crippen LogP contribution in [0.4, 0.5) is 5.95 Å². The molecule has 182 valence electrons. The van der Waals surface area contributed by atoms with Gasteiger partial charge in [-0.25, -0.2) is 9.98 Å². The number of aliphatic imine (C=N–C) groups is 1. The van der Waals surface area contributed by atoms with Crippen LogP contribution in [0.15, 0.2) is 75.6 Å². The first-order valence-corrected chi connectivity index (χ1v) is 11.8. The number of piperazine rings is 1. The van der Waals surface area contributed by atoms with Crippen molar-refractivity contribution in [1.29, 1.82) is 5.26 Å². The fourth-order valence-electron chi connectivity index (χ4n) is 4.66. The molecular weight excluding hydrogens is 456 g/mol. The summed E-state index contributed by atoms with van der Waals surface area (Å²) in [5, 5.41) is 20.8. The molecule has 3 aliphatic rings. The van der Waals surface area contributed by atoms with Gasteiger partial charge in [-0.3, -0.25) is 9.78 Å². The van der Waals surface area contributed by atoms with E-state index in [0.29, 0.717) is 53.5 Å². The van der Waals surface area contributed by atoms with Crippen LogP contribution in [0.5, 0.6) is 0 Å². The van der Waals surface area contributed by atoms with Crippen molar-refractivity contribution < 1.29 is 5.21 Å². The summed E-state index contributed by atoms with van der Waals surface area (Å²) in [6.07, 6.45) is 3.45. The van der Waals surface area contributed by atoms with Crippen molar-refractivity contribution in [2.45, 2.75) is 19.9 Å². The predicted molar refractivity (Wildman–Crippen MR) is 137 cm³/mol. The second-order valence-corrected chi connectivity index (χ2v) is 9.04. The molecule has 10 heteroatoms. The number of aromatic amines is 1. The Morgan fingerprint density at radius 1 is 1.17 bits per heavy atom. The summed E-state index contributed by atoms with van der Waals surface area (Å²) in [5.41, 5.74) is 1.83. The molecule has 2 aromatic rings. The van der Waals surface area contributed by atoms with Gasteiger partial charge in [0.15, 0.2) is 0 Å². The number of para-hydroxylation sites is 1. The highest BCUT2D eigenvalue weighted by Gasteiger charge is 2.32. The smallest absolute Gasteiger partial charge is 0.260 e. The highest BCUT2D eigenvalue weighted by molar-refractivity contribution is 5.83. The molecule has 1 aromatic carbocycles. The summed E-state index contributed by atoms with van der Waals surface area (Å²) in [7, 11) is 0. The first-order valence-electron chi connectivity index (χ1n) is 11.8. The monoisotopic (exact) mass is 482 g/mol. The van der Waals surface area contributed by atoms with Gasteiger partial charge in [-0.2, -0.15) is 9.99 Å². The minimum atomic E-state index is -0.169. The molecule has 0 bridgehead atoms. The fourth-order valence-corrected chi connectivity index (χ4v) is 4.66. The molecule has 1 atom stereocenters. The number of H-pyrrole nitrogens is 1. The molecule has 36 heavy (non-hydrogen) atoms. The third-order valence-electron chi connectivity index (χ3n) is 6.51. The van der Waals surface area contributed by atoms with Gasteiger partial charge < -0.3 is 15.0 Å². The molecule has 1 aromatic heterocycles. The second-order valence-electron chi connectivity index (χ2n) is 9.04. The number of nitrogens with zero attached hydrogens (tertiary/aromatic N) is 7. The van der Waals surface area contributed by atoms with Crippen molar-refractivity contribution in [1.82, 2.24) is 19.6 Å².